The summed E-state index contributed by atoms with van der Waals surface area (Å²) in [5, 5.41) is 8.59. The Kier molecular flexibility index (Phi) is 3.89. The van der Waals surface area contributed by atoms with Gasteiger partial charge in [-0.1, -0.05) is 35.0 Å². The zero-order valence-electron chi connectivity index (χ0n) is 11.7. The number of para-hydroxylation sites is 1. The van der Waals surface area contributed by atoms with Gasteiger partial charge in [0.25, 0.3) is 0 Å². The second-order valence-electron chi connectivity index (χ2n) is 4.53. The molecule has 0 unspecified atom stereocenters. The van der Waals surface area contributed by atoms with E-state index in [0.29, 0.717) is 28.4 Å². The van der Waals surface area contributed by atoms with Crippen LogP contribution in [0.3, 0.4) is 0 Å². The number of halogens is 1. The third-order valence-electron chi connectivity index (χ3n) is 3.22. The highest BCUT2D eigenvalue weighted by Crippen LogP contribution is 2.32. The molecule has 0 aliphatic carbocycles. The Hall–Kier alpha value is -2.66. The lowest BCUT2D eigenvalue weighted by molar-refractivity contribution is 0.111. The number of rotatable bonds is 4. The smallest absolute Gasteiger partial charge is 0.172 e. The molecule has 6 heteroatoms. The maximum absolute atomic E-state index is 11.3. The maximum atomic E-state index is 11.3. The minimum absolute atomic E-state index is 0.240. The molecule has 0 aliphatic heterocycles. The first kappa shape index (κ1) is 14.3. The SMILES string of the molecule is COc1ccccc1-c1c(C=O)nnn1-c1cccc(Cl)c1. The summed E-state index contributed by atoms with van der Waals surface area (Å²) in [5.74, 6) is 0.635. The van der Waals surface area contributed by atoms with E-state index in [1.54, 1.807) is 23.9 Å². The number of carbonyl (C=O) groups excluding carboxylic acids is 1. The number of hydrogen-bond donors (Lipinski definition) is 0. The molecule has 5 nitrogen and oxygen atoms in total. The first-order valence-electron chi connectivity index (χ1n) is 6.55. The van der Waals surface area contributed by atoms with Crippen molar-refractivity contribution in [2.45, 2.75) is 0 Å². The molecule has 3 aromatic rings. The van der Waals surface area contributed by atoms with Crippen molar-refractivity contribution in [2.24, 2.45) is 0 Å². The molecule has 0 aliphatic rings. The Balaban J connectivity index is 2.27. The van der Waals surface area contributed by atoms with Crippen LogP contribution in [0.25, 0.3) is 16.9 Å². The standard InChI is InChI=1S/C16H12ClN3O2/c1-22-15-8-3-2-7-13(15)16-14(10-21)18-19-20(16)12-6-4-5-11(17)9-12/h2-10H,1H3. The fourth-order valence-electron chi connectivity index (χ4n) is 2.25. The fourth-order valence-corrected chi connectivity index (χ4v) is 2.44. The predicted octanol–water partition coefficient (Wildman–Crippen LogP) is 3.41. The van der Waals surface area contributed by atoms with Gasteiger partial charge >= 0.3 is 0 Å². The average molecular weight is 314 g/mol. The van der Waals surface area contributed by atoms with Gasteiger partial charge in [0, 0.05) is 10.6 Å². The summed E-state index contributed by atoms with van der Waals surface area (Å²) in [6, 6.07) is 14.6. The molecule has 0 amide bonds. The Morgan fingerprint density at radius 3 is 2.73 bits per heavy atom. The molecule has 22 heavy (non-hydrogen) atoms. The van der Waals surface area contributed by atoms with Crippen molar-refractivity contribution in [2.75, 3.05) is 7.11 Å². The lowest BCUT2D eigenvalue weighted by Gasteiger charge is -2.11. The number of carbonyl (C=O) groups is 1. The summed E-state index contributed by atoms with van der Waals surface area (Å²) in [6.07, 6.45) is 0.676. The molecular weight excluding hydrogens is 302 g/mol. The van der Waals surface area contributed by atoms with Gasteiger partial charge in [-0.05, 0) is 30.3 Å². The Labute approximate surface area is 132 Å². The summed E-state index contributed by atoms with van der Waals surface area (Å²) in [7, 11) is 1.58. The van der Waals surface area contributed by atoms with E-state index >= 15 is 0 Å². The summed E-state index contributed by atoms with van der Waals surface area (Å²) in [5.41, 5.74) is 2.25. The van der Waals surface area contributed by atoms with Crippen molar-refractivity contribution in [1.29, 1.82) is 0 Å². The van der Waals surface area contributed by atoms with Crippen LogP contribution in [0.15, 0.2) is 48.5 Å². The number of nitrogens with zero attached hydrogens (tertiary/aromatic N) is 3. The van der Waals surface area contributed by atoms with Crippen molar-refractivity contribution in [3.8, 4) is 22.7 Å². The Morgan fingerprint density at radius 2 is 2.00 bits per heavy atom. The molecule has 0 radical (unpaired) electrons. The second kappa shape index (κ2) is 5.99. The lowest BCUT2D eigenvalue weighted by Crippen LogP contribution is -2.01. The van der Waals surface area contributed by atoms with Crippen LogP contribution in [-0.4, -0.2) is 28.4 Å². The highest BCUT2D eigenvalue weighted by Gasteiger charge is 2.19. The highest BCUT2D eigenvalue weighted by molar-refractivity contribution is 6.30. The quantitative estimate of drug-likeness (QED) is 0.693. The summed E-state index contributed by atoms with van der Waals surface area (Å²) < 4.78 is 6.95. The van der Waals surface area contributed by atoms with Gasteiger partial charge in [0.2, 0.25) is 0 Å². The minimum atomic E-state index is 0.240. The van der Waals surface area contributed by atoms with Crippen molar-refractivity contribution >= 4 is 17.9 Å². The first-order chi connectivity index (χ1) is 10.7. The fraction of sp³-hybridized carbons (Fsp3) is 0.0625. The molecule has 0 bridgehead atoms. The van der Waals surface area contributed by atoms with Gasteiger partial charge in [0.1, 0.15) is 11.4 Å². The highest BCUT2D eigenvalue weighted by atomic mass is 35.5. The first-order valence-corrected chi connectivity index (χ1v) is 6.92. The largest absolute Gasteiger partial charge is 0.496 e. The number of hydrogen-bond acceptors (Lipinski definition) is 4. The zero-order chi connectivity index (χ0) is 15.5. The number of aldehydes is 1. The van der Waals surface area contributed by atoms with Crippen LogP contribution < -0.4 is 4.74 Å². The van der Waals surface area contributed by atoms with Gasteiger partial charge in [-0.25, -0.2) is 4.68 Å². The molecule has 0 spiro atoms. The van der Waals surface area contributed by atoms with Crippen LogP contribution in [0.1, 0.15) is 10.5 Å². The van der Waals surface area contributed by atoms with Gasteiger partial charge in [0.05, 0.1) is 12.8 Å². The van der Waals surface area contributed by atoms with E-state index in [1.165, 1.54) is 0 Å². The van der Waals surface area contributed by atoms with Crippen LogP contribution in [0.5, 0.6) is 5.75 Å². The molecule has 1 aromatic heterocycles. The number of methoxy groups -OCH3 is 1. The number of ether oxygens (including phenoxy) is 1. The van der Waals surface area contributed by atoms with Crippen LogP contribution in [0.2, 0.25) is 5.02 Å². The topological polar surface area (TPSA) is 57.0 Å². The monoisotopic (exact) mass is 313 g/mol. The molecular formula is C16H12ClN3O2. The Morgan fingerprint density at radius 1 is 1.18 bits per heavy atom. The van der Waals surface area contributed by atoms with Crippen molar-refractivity contribution in [1.82, 2.24) is 15.0 Å². The van der Waals surface area contributed by atoms with Gasteiger partial charge in [-0.3, -0.25) is 4.79 Å². The van der Waals surface area contributed by atoms with Crippen LogP contribution in [0, 0.1) is 0 Å². The zero-order valence-corrected chi connectivity index (χ0v) is 12.5. The Bertz CT molecular complexity index is 830. The molecule has 0 atom stereocenters. The molecule has 2 aromatic carbocycles. The third kappa shape index (κ3) is 2.46. The van der Waals surface area contributed by atoms with E-state index in [0.717, 1.165) is 5.56 Å². The van der Waals surface area contributed by atoms with Crippen molar-refractivity contribution in [3.63, 3.8) is 0 Å². The van der Waals surface area contributed by atoms with E-state index < -0.39 is 0 Å². The second-order valence-corrected chi connectivity index (χ2v) is 4.97. The van der Waals surface area contributed by atoms with E-state index in [-0.39, 0.29) is 5.69 Å². The third-order valence-corrected chi connectivity index (χ3v) is 3.46. The van der Waals surface area contributed by atoms with Crippen molar-refractivity contribution < 1.29 is 9.53 Å². The molecule has 0 saturated carbocycles. The van der Waals surface area contributed by atoms with Crippen LogP contribution in [-0.2, 0) is 0 Å². The number of benzene rings is 2. The summed E-state index contributed by atoms with van der Waals surface area (Å²) >= 11 is 6.04. The van der Waals surface area contributed by atoms with Gasteiger partial charge in [-0.15, -0.1) is 5.10 Å². The molecule has 110 valence electrons. The van der Waals surface area contributed by atoms with Gasteiger partial charge < -0.3 is 4.74 Å². The predicted molar refractivity (Wildman–Crippen MR) is 83.7 cm³/mol. The van der Waals surface area contributed by atoms with Gasteiger partial charge in [-0.2, -0.15) is 0 Å². The van der Waals surface area contributed by atoms with E-state index in [2.05, 4.69) is 10.3 Å². The molecule has 3 rings (SSSR count). The van der Waals surface area contributed by atoms with E-state index in [9.17, 15) is 4.79 Å². The lowest BCUT2D eigenvalue weighted by atomic mass is 10.1. The van der Waals surface area contributed by atoms with Crippen LogP contribution >= 0.6 is 11.6 Å². The minimum Gasteiger partial charge on any atom is -0.496 e. The molecule has 1 heterocycles. The van der Waals surface area contributed by atoms with E-state index in [4.69, 9.17) is 16.3 Å². The summed E-state index contributed by atoms with van der Waals surface area (Å²) in [4.78, 5) is 11.3. The van der Waals surface area contributed by atoms with Crippen molar-refractivity contribution in [3.05, 3.63) is 59.2 Å². The van der Waals surface area contributed by atoms with E-state index in [1.807, 2.05) is 36.4 Å². The number of aromatic nitrogens is 3. The summed E-state index contributed by atoms with van der Waals surface area (Å²) in [6.45, 7) is 0. The molecule has 0 saturated heterocycles. The molecule has 0 N–H and O–H groups in total. The van der Waals surface area contributed by atoms with Crippen LogP contribution in [0.4, 0.5) is 0 Å². The maximum Gasteiger partial charge on any atom is 0.172 e. The normalized spacial score (nSPS) is 10.5. The molecule has 0 fully saturated rings. The van der Waals surface area contributed by atoms with Gasteiger partial charge in [0.15, 0.2) is 12.0 Å². The average Bonchev–Trinajstić information content (AvgIpc) is 2.98.